The van der Waals surface area contributed by atoms with Crippen LogP contribution in [0.15, 0.2) is 18.5 Å². The van der Waals surface area contributed by atoms with Gasteiger partial charge in [0, 0.05) is 24.7 Å². The SMILES string of the molecule is CCN(CC)CCOc1cncc(C#CCCO)c1. The summed E-state index contributed by atoms with van der Waals surface area (Å²) in [5.74, 6) is 6.55. The molecule has 0 radical (unpaired) electrons. The molecule has 0 aliphatic carbocycles. The first-order valence-electron chi connectivity index (χ1n) is 6.70. The highest BCUT2D eigenvalue weighted by Gasteiger charge is 2.00. The van der Waals surface area contributed by atoms with Crippen molar-refractivity contribution in [2.75, 3.05) is 32.8 Å². The maximum atomic E-state index is 8.67. The largest absolute Gasteiger partial charge is 0.491 e. The second-order valence-corrected chi connectivity index (χ2v) is 4.06. The first-order chi connectivity index (χ1) is 9.30. The van der Waals surface area contributed by atoms with E-state index in [1.807, 2.05) is 6.07 Å². The third kappa shape index (κ3) is 6.23. The molecule has 0 bridgehead atoms. The molecule has 1 aromatic rings. The van der Waals surface area contributed by atoms with Crippen molar-refractivity contribution in [2.24, 2.45) is 0 Å². The summed E-state index contributed by atoms with van der Waals surface area (Å²) in [7, 11) is 0. The highest BCUT2D eigenvalue weighted by molar-refractivity contribution is 5.36. The summed E-state index contributed by atoms with van der Waals surface area (Å²) in [6.07, 6.45) is 3.87. The van der Waals surface area contributed by atoms with E-state index in [4.69, 9.17) is 9.84 Å². The molecule has 0 aromatic carbocycles. The number of pyridine rings is 1. The number of aliphatic hydroxyl groups is 1. The van der Waals surface area contributed by atoms with Crippen LogP contribution in [0, 0.1) is 11.8 Å². The van der Waals surface area contributed by atoms with Crippen LogP contribution in [-0.2, 0) is 0 Å². The Labute approximate surface area is 115 Å². The molecule has 0 fully saturated rings. The lowest BCUT2D eigenvalue weighted by Crippen LogP contribution is -2.27. The molecular formula is C15H22N2O2. The van der Waals surface area contributed by atoms with Crippen LogP contribution in [0.25, 0.3) is 0 Å². The molecule has 1 heterocycles. The van der Waals surface area contributed by atoms with E-state index in [-0.39, 0.29) is 6.61 Å². The zero-order valence-corrected chi connectivity index (χ0v) is 11.7. The molecule has 0 saturated carbocycles. The van der Waals surface area contributed by atoms with Crippen LogP contribution >= 0.6 is 0 Å². The Balaban J connectivity index is 2.46. The Hall–Kier alpha value is -1.57. The molecule has 1 rings (SSSR count). The molecule has 19 heavy (non-hydrogen) atoms. The van der Waals surface area contributed by atoms with Crippen molar-refractivity contribution in [1.29, 1.82) is 0 Å². The molecule has 4 nitrogen and oxygen atoms in total. The molecule has 0 atom stereocenters. The van der Waals surface area contributed by atoms with E-state index in [0.29, 0.717) is 13.0 Å². The Morgan fingerprint density at radius 1 is 1.32 bits per heavy atom. The monoisotopic (exact) mass is 262 g/mol. The van der Waals surface area contributed by atoms with Crippen molar-refractivity contribution in [2.45, 2.75) is 20.3 Å². The van der Waals surface area contributed by atoms with Crippen LogP contribution in [0.3, 0.4) is 0 Å². The van der Waals surface area contributed by atoms with Crippen molar-refractivity contribution in [3.8, 4) is 17.6 Å². The van der Waals surface area contributed by atoms with Crippen LogP contribution in [0.4, 0.5) is 0 Å². The van der Waals surface area contributed by atoms with Gasteiger partial charge in [0.05, 0.1) is 12.8 Å². The summed E-state index contributed by atoms with van der Waals surface area (Å²) in [5, 5.41) is 8.67. The number of hydrogen-bond acceptors (Lipinski definition) is 4. The summed E-state index contributed by atoms with van der Waals surface area (Å²) in [4.78, 5) is 6.40. The van der Waals surface area contributed by atoms with Gasteiger partial charge in [-0.25, -0.2) is 0 Å². The number of hydrogen-bond donors (Lipinski definition) is 1. The van der Waals surface area contributed by atoms with Crippen molar-refractivity contribution < 1.29 is 9.84 Å². The van der Waals surface area contributed by atoms with E-state index in [0.717, 1.165) is 30.9 Å². The van der Waals surface area contributed by atoms with Crippen LogP contribution in [0.2, 0.25) is 0 Å². The highest BCUT2D eigenvalue weighted by Crippen LogP contribution is 2.10. The molecule has 104 valence electrons. The Morgan fingerprint density at radius 3 is 2.79 bits per heavy atom. The third-order valence-electron chi connectivity index (χ3n) is 2.75. The maximum Gasteiger partial charge on any atom is 0.138 e. The molecule has 0 amide bonds. The Kier molecular flexibility index (Phi) is 7.64. The van der Waals surface area contributed by atoms with Crippen molar-refractivity contribution in [3.63, 3.8) is 0 Å². The lowest BCUT2D eigenvalue weighted by Gasteiger charge is -2.17. The van der Waals surface area contributed by atoms with Crippen molar-refractivity contribution in [1.82, 2.24) is 9.88 Å². The number of likely N-dealkylation sites (N-methyl/N-ethyl adjacent to an activating group) is 1. The second kappa shape index (κ2) is 9.37. The van der Waals surface area contributed by atoms with E-state index in [1.54, 1.807) is 12.4 Å². The zero-order chi connectivity index (χ0) is 13.9. The van der Waals surface area contributed by atoms with E-state index in [2.05, 4.69) is 35.6 Å². The highest BCUT2D eigenvalue weighted by atomic mass is 16.5. The molecule has 1 N–H and O–H groups in total. The van der Waals surface area contributed by atoms with Crippen LogP contribution in [-0.4, -0.2) is 47.8 Å². The predicted molar refractivity (Wildman–Crippen MR) is 76.1 cm³/mol. The molecule has 0 unspecified atom stereocenters. The second-order valence-electron chi connectivity index (χ2n) is 4.06. The predicted octanol–water partition coefficient (Wildman–Crippen LogP) is 1.54. The summed E-state index contributed by atoms with van der Waals surface area (Å²) >= 11 is 0. The van der Waals surface area contributed by atoms with Gasteiger partial charge in [-0.1, -0.05) is 25.7 Å². The van der Waals surface area contributed by atoms with E-state index < -0.39 is 0 Å². The normalized spacial score (nSPS) is 10.1. The fourth-order valence-electron chi connectivity index (χ4n) is 1.62. The van der Waals surface area contributed by atoms with Crippen molar-refractivity contribution >= 4 is 0 Å². The molecule has 0 saturated heterocycles. The number of ether oxygens (including phenoxy) is 1. The quantitative estimate of drug-likeness (QED) is 0.757. The van der Waals surface area contributed by atoms with Gasteiger partial charge < -0.3 is 14.7 Å². The fourth-order valence-corrected chi connectivity index (χ4v) is 1.62. The standard InChI is InChI=1S/C15H22N2O2/c1-3-17(4-2)8-10-19-15-11-14(12-16-13-15)7-5-6-9-18/h11-13,18H,3-4,6,8-10H2,1-2H3. The van der Waals surface area contributed by atoms with E-state index >= 15 is 0 Å². The van der Waals surface area contributed by atoms with Gasteiger partial charge in [-0.2, -0.15) is 0 Å². The maximum absolute atomic E-state index is 8.67. The molecule has 0 spiro atoms. The molecule has 0 aliphatic rings. The molecule has 4 heteroatoms. The van der Waals surface area contributed by atoms with Gasteiger partial charge in [0.25, 0.3) is 0 Å². The van der Waals surface area contributed by atoms with Crippen LogP contribution in [0.1, 0.15) is 25.8 Å². The van der Waals surface area contributed by atoms with Gasteiger partial charge in [0.2, 0.25) is 0 Å². The fraction of sp³-hybridized carbons (Fsp3) is 0.533. The molecular weight excluding hydrogens is 240 g/mol. The number of aromatic nitrogens is 1. The summed E-state index contributed by atoms with van der Waals surface area (Å²) < 4.78 is 5.67. The lowest BCUT2D eigenvalue weighted by molar-refractivity contribution is 0.222. The summed E-state index contributed by atoms with van der Waals surface area (Å²) in [6, 6.07) is 1.87. The molecule has 0 aliphatic heterocycles. The van der Waals surface area contributed by atoms with Crippen molar-refractivity contribution in [3.05, 3.63) is 24.0 Å². The van der Waals surface area contributed by atoms with Crippen LogP contribution < -0.4 is 4.74 Å². The van der Waals surface area contributed by atoms with Gasteiger partial charge in [-0.15, -0.1) is 0 Å². The number of aliphatic hydroxyl groups excluding tert-OH is 1. The first-order valence-corrected chi connectivity index (χ1v) is 6.70. The Morgan fingerprint density at radius 2 is 2.11 bits per heavy atom. The zero-order valence-electron chi connectivity index (χ0n) is 11.7. The minimum atomic E-state index is 0.0838. The molecule has 1 aromatic heterocycles. The van der Waals surface area contributed by atoms with Gasteiger partial charge in [-0.3, -0.25) is 4.98 Å². The van der Waals surface area contributed by atoms with Gasteiger partial charge in [-0.05, 0) is 19.2 Å². The number of nitrogens with zero attached hydrogens (tertiary/aromatic N) is 2. The first kappa shape index (κ1) is 15.5. The lowest BCUT2D eigenvalue weighted by atomic mass is 10.2. The van der Waals surface area contributed by atoms with Gasteiger partial charge >= 0.3 is 0 Å². The Bertz CT molecular complexity index is 420. The minimum Gasteiger partial charge on any atom is -0.491 e. The topological polar surface area (TPSA) is 45.6 Å². The van der Waals surface area contributed by atoms with E-state index in [1.165, 1.54) is 0 Å². The smallest absolute Gasteiger partial charge is 0.138 e. The summed E-state index contributed by atoms with van der Waals surface area (Å²) in [6.45, 7) is 7.99. The van der Waals surface area contributed by atoms with Gasteiger partial charge in [0.15, 0.2) is 0 Å². The van der Waals surface area contributed by atoms with Crippen LogP contribution in [0.5, 0.6) is 5.75 Å². The van der Waals surface area contributed by atoms with Gasteiger partial charge in [0.1, 0.15) is 12.4 Å². The average molecular weight is 262 g/mol. The average Bonchev–Trinajstić information content (AvgIpc) is 2.44. The number of rotatable bonds is 7. The van der Waals surface area contributed by atoms with E-state index in [9.17, 15) is 0 Å². The summed E-state index contributed by atoms with van der Waals surface area (Å²) in [5.41, 5.74) is 0.814. The third-order valence-corrected chi connectivity index (χ3v) is 2.75. The minimum absolute atomic E-state index is 0.0838.